The van der Waals surface area contributed by atoms with Crippen LogP contribution >= 0.6 is 0 Å². The second-order valence-corrected chi connectivity index (χ2v) is 3.81. The summed E-state index contributed by atoms with van der Waals surface area (Å²) in [6.45, 7) is 7.01. The highest BCUT2D eigenvalue weighted by Crippen LogP contribution is 2.33. The minimum atomic E-state index is -4.68. The summed E-state index contributed by atoms with van der Waals surface area (Å²) in [6, 6.07) is 3.21. The van der Waals surface area contributed by atoms with Crippen LogP contribution in [0, 0.1) is 5.82 Å². The molecule has 0 saturated carbocycles. The van der Waals surface area contributed by atoms with Crippen molar-refractivity contribution in [3.63, 3.8) is 0 Å². The van der Waals surface area contributed by atoms with Gasteiger partial charge in [0.05, 0.1) is 5.56 Å². The molecule has 0 N–H and O–H groups in total. The normalized spacial score (nSPS) is 12.7. The molecule has 0 aliphatic rings. The summed E-state index contributed by atoms with van der Waals surface area (Å²) in [4.78, 5) is 0. The van der Waals surface area contributed by atoms with E-state index >= 15 is 0 Å². The molecular formula is C13H12F4. The SMILES string of the molecule is C=C(C)/C(C)=C/c1cccc(C(F)(F)F)c1F. The lowest BCUT2D eigenvalue weighted by Crippen LogP contribution is -2.08. The molecule has 0 fully saturated rings. The Morgan fingerprint density at radius 1 is 1.24 bits per heavy atom. The Morgan fingerprint density at radius 3 is 2.29 bits per heavy atom. The lowest BCUT2D eigenvalue weighted by molar-refractivity contribution is -0.140. The van der Waals surface area contributed by atoms with Gasteiger partial charge in [0.25, 0.3) is 0 Å². The first-order chi connectivity index (χ1) is 7.73. The largest absolute Gasteiger partial charge is 0.419 e. The zero-order chi connectivity index (χ0) is 13.2. The van der Waals surface area contributed by atoms with Crippen LogP contribution in [0.3, 0.4) is 0 Å². The maximum atomic E-state index is 13.6. The predicted octanol–water partition coefficient (Wildman–Crippen LogP) is 4.82. The van der Waals surface area contributed by atoms with Gasteiger partial charge in [-0.2, -0.15) is 13.2 Å². The van der Waals surface area contributed by atoms with E-state index in [9.17, 15) is 17.6 Å². The Labute approximate surface area is 97.3 Å². The fraction of sp³-hybridized carbons (Fsp3) is 0.231. The van der Waals surface area contributed by atoms with Crippen LogP contribution in [0.2, 0.25) is 0 Å². The van der Waals surface area contributed by atoms with Crippen molar-refractivity contribution in [3.8, 4) is 0 Å². The summed E-state index contributed by atoms with van der Waals surface area (Å²) in [5.74, 6) is -1.25. The van der Waals surface area contributed by atoms with Crippen molar-refractivity contribution in [1.29, 1.82) is 0 Å². The van der Waals surface area contributed by atoms with Crippen LogP contribution < -0.4 is 0 Å². The van der Waals surface area contributed by atoms with E-state index in [2.05, 4.69) is 6.58 Å². The van der Waals surface area contributed by atoms with Crippen LogP contribution in [0.15, 0.2) is 35.9 Å². The van der Waals surface area contributed by atoms with Crippen LogP contribution in [0.1, 0.15) is 25.0 Å². The number of benzene rings is 1. The quantitative estimate of drug-likeness (QED) is 0.516. The zero-order valence-corrected chi connectivity index (χ0v) is 9.53. The molecular weight excluding hydrogens is 232 g/mol. The molecule has 0 amide bonds. The lowest BCUT2D eigenvalue weighted by Gasteiger charge is -2.10. The summed E-state index contributed by atoms with van der Waals surface area (Å²) < 4.78 is 50.9. The van der Waals surface area contributed by atoms with E-state index in [4.69, 9.17) is 0 Å². The number of halogens is 4. The van der Waals surface area contributed by atoms with Gasteiger partial charge in [-0.05, 0) is 31.6 Å². The molecule has 92 valence electrons. The molecule has 0 heterocycles. The van der Waals surface area contributed by atoms with Gasteiger partial charge in [-0.3, -0.25) is 0 Å². The van der Waals surface area contributed by atoms with Crippen LogP contribution in [0.5, 0.6) is 0 Å². The highest BCUT2D eigenvalue weighted by Gasteiger charge is 2.34. The van der Waals surface area contributed by atoms with Gasteiger partial charge in [0.15, 0.2) is 0 Å². The summed E-state index contributed by atoms with van der Waals surface area (Å²) in [7, 11) is 0. The molecule has 0 radical (unpaired) electrons. The maximum Gasteiger partial charge on any atom is 0.419 e. The van der Waals surface area contributed by atoms with Crippen molar-refractivity contribution in [2.45, 2.75) is 20.0 Å². The highest BCUT2D eigenvalue weighted by atomic mass is 19.4. The second kappa shape index (κ2) is 4.73. The molecule has 0 saturated heterocycles. The average Bonchev–Trinajstić information content (AvgIpc) is 2.19. The Bertz CT molecular complexity index is 467. The fourth-order valence-corrected chi connectivity index (χ4v) is 1.24. The summed E-state index contributed by atoms with van der Waals surface area (Å²) >= 11 is 0. The second-order valence-electron chi connectivity index (χ2n) is 3.81. The molecule has 0 unspecified atom stereocenters. The van der Waals surface area contributed by atoms with Crippen LogP contribution in [-0.4, -0.2) is 0 Å². The Morgan fingerprint density at radius 2 is 1.82 bits per heavy atom. The number of allylic oxidation sites excluding steroid dienone is 2. The molecule has 0 aromatic heterocycles. The van der Waals surface area contributed by atoms with Crippen molar-refractivity contribution in [3.05, 3.63) is 52.9 Å². The molecule has 0 aliphatic heterocycles. The molecule has 4 heteroatoms. The van der Waals surface area contributed by atoms with Gasteiger partial charge in [-0.1, -0.05) is 24.3 Å². The molecule has 0 aliphatic carbocycles. The third-order valence-electron chi connectivity index (χ3n) is 2.38. The topological polar surface area (TPSA) is 0 Å². The van der Waals surface area contributed by atoms with Gasteiger partial charge in [0.1, 0.15) is 5.82 Å². The molecule has 17 heavy (non-hydrogen) atoms. The summed E-state index contributed by atoms with van der Waals surface area (Å²) in [5.41, 5.74) is -0.00822. The van der Waals surface area contributed by atoms with Gasteiger partial charge in [0, 0.05) is 5.56 Å². The minimum absolute atomic E-state index is 0.0830. The van der Waals surface area contributed by atoms with Gasteiger partial charge in [-0.25, -0.2) is 4.39 Å². The minimum Gasteiger partial charge on any atom is -0.206 e. The third-order valence-corrected chi connectivity index (χ3v) is 2.38. The van der Waals surface area contributed by atoms with Gasteiger partial charge < -0.3 is 0 Å². The molecule has 1 aromatic rings. The molecule has 0 bridgehead atoms. The maximum absolute atomic E-state index is 13.6. The van der Waals surface area contributed by atoms with E-state index in [0.29, 0.717) is 11.1 Å². The van der Waals surface area contributed by atoms with E-state index < -0.39 is 17.6 Å². The summed E-state index contributed by atoms with van der Waals surface area (Å²) in [6.07, 6.45) is -3.32. The number of alkyl halides is 3. The Balaban J connectivity index is 3.30. The molecule has 0 atom stereocenters. The van der Waals surface area contributed by atoms with Crippen molar-refractivity contribution in [1.82, 2.24) is 0 Å². The van der Waals surface area contributed by atoms with E-state index in [1.54, 1.807) is 13.8 Å². The molecule has 1 aromatic carbocycles. The summed E-state index contributed by atoms with van der Waals surface area (Å²) in [5, 5.41) is 0. The van der Waals surface area contributed by atoms with E-state index in [0.717, 1.165) is 6.07 Å². The van der Waals surface area contributed by atoms with Crippen molar-refractivity contribution < 1.29 is 17.6 Å². The van der Waals surface area contributed by atoms with Crippen LogP contribution in [0.25, 0.3) is 6.08 Å². The number of hydrogen-bond donors (Lipinski definition) is 0. The smallest absolute Gasteiger partial charge is 0.206 e. The molecule has 0 nitrogen and oxygen atoms in total. The van der Waals surface area contributed by atoms with Gasteiger partial charge in [0.2, 0.25) is 0 Å². The zero-order valence-electron chi connectivity index (χ0n) is 9.53. The lowest BCUT2D eigenvalue weighted by atomic mass is 10.0. The highest BCUT2D eigenvalue weighted by molar-refractivity contribution is 5.58. The van der Waals surface area contributed by atoms with Crippen LogP contribution in [-0.2, 0) is 6.18 Å². The molecule has 1 rings (SSSR count). The van der Waals surface area contributed by atoms with Crippen molar-refractivity contribution in [2.24, 2.45) is 0 Å². The first-order valence-electron chi connectivity index (χ1n) is 4.93. The van der Waals surface area contributed by atoms with Crippen LogP contribution in [0.4, 0.5) is 17.6 Å². The number of hydrogen-bond acceptors (Lipinski definition) is 0. The van der Waals surface area contributed by atoms with E-state index in [1.807, 2.05) is 0 Å². The monoisotopic (exact) mass is 244 g/mol. The number of rotatable bonds is 2. The predicted molar refractivity (Wildman–Crippen MR) is 59.9 cm³/mol. The fourth-order valence-electron chi connectivity index (χ4n) is 1.24. The van der Waals surface area contributed by atoms with Crippen molar-refractivity contribution in [2.75, 3.05) is 0 Å². The first kappa shape index (κ1) is 13.5. The van der Waals surface area contributed by atoms with E-state index in [1.165, 1.54) is 18.2 Å². The Hall–Kier alpha value is -1.58. The van der Waals surface area contributed by atoms with E-state index in [-0.39, 0.29) is 5.56 Å². The standard InChI is InChI=1S/C13H12F4/c1-8(2)9(3)7-10-5-4-6-11(12(10)14)13(15,16)17/h4-7H,1H2,2-3H3/b9-7+. The molecule has 0 spiro atoms. The first-order valence-corrected chi connectivity index (χ1v) is 4.93. The van der Waals surface area contributed by atoms with Gasteiger partial charge in [-0.15, -0.1) is 0 Å². The Kier molecular flexibility index (Phi) is 3.76. The van der Waals surface area contributed by atoms with Crippen molar-refractivity contribution >= 4 is 6.08 Å². The average molecular weight is 244 g/mol. The van der Waals surface area contributed by atoms with Gasteiger partial charge >= 0.3 is 6.18 Å². The third kappa shape index (κ3) is 3.19.